The highest BCUT2D eigenvalue weighted by Gasteiger charge is 2.47. The standard InChI is InChI=1S/C25H31F3N4O2/c1-24(2)18-8-6-5-7-16(18)13-21(24)30-17-9-10-19(29-14-17)22(25(26,27)28)32(4)23(33)20-15-31(3)11-12-34-20/h5-10,14,20-22,30H,11-13,15H2,1-4H3/t20-,21+,22+/m1/s1. The van der Waals surface area contributed by atoms with E-state index >= 15 is 0 Å². The van der Waals surface area contributed by atoms with Gasteiger partial charge in [-0.05, 0) is 36.7 Å². The second-order valence-electron chi connectivity index (χ2n) is 9.77. The Morgan fingerprint density at radius 1 is 1.26 bits per heavy atom. The van der Waals surface area contributed by atoms with E-state index in [2.05, 4.69) is 36.3 Å². The van der Waals surface area contributed by atoms with Crippen LogP contribution < -0.4 is 5.32 Å². The normalized spacial score (nSPS) is 23.3. The van der Waals surface area contributed by atoms with Crippen molar-refractivity contribution in [3.8, 4) is 0 Å². The van der Waals surface area contributed by atoms with Crippen molar-refractivity contribution in [3.63, 3.8) is 0 Å². The molecule has 1 aromatic heterocycles. The van der Waals surface area contributed by atoms with Crippen molar-refractivity contribution in [1.82, 2.24) is 14.8 Å². The van der Waals surface area contributed by atoms with Crippen LogP contribution in [0.4, 0.5) is 18.9 Å². The van der Waals surface area contributed by atoms with Crippen LogP contribution in [0.1, 0.15) is 36.7 Å². The maximum atomic E-state index is 14.0. The van der Waals surface area contributed by atoms with Gasteiger partial charge < -0.3 is 19.9 Å². The Hall–Kier alpha value is -2.65. The quantitative estimate of drug-likeness (QED) is 0.712. The van der Waals surface area contributed by atoms with Crippen molar-refractivity contribution in [2.24, 2.45) is 0 Å². The zero-order valence-corrected chi connectivity index (χ0v) is 19.9. The van der Waals surface area contributed by atoms with Gasteiger partial charge in [-0.15, -0.1) is 0 Å². The largest absolute Gasteiger partial charge is 0.414 e. The first-order chi connectivity index (χ1) is 16.0. The van der Waals surface area contributed by atoms with Gasteiger partial charge in [0.15, 0.2) is 6.04 Å². The molecule has 4 rings (SSSR count). The number of aromatic nitrogens is 1. The summed E-state index contributed by atoms with van der Waals surface area (Å²) in [6.45, 7) is 5.50. The average molecular weight is 477 g/mol. The third-order valence-electron chi connectivity index (χ3n) is 7.00. The van der Waals surface area contributed by atoms with E-state index in [4.69, 9.17) is 4.74 Å². The fraction of sp³-hybridized carbons (Fsp3) is 0.520. The van der Waals surface area contributed by atoms with Crippen molar-refractivity contribution < 1.29 is 22.7 Å². The van der Waals surface area contributed by atoms with Gasteiger partial charge >= 0.3 is 6.18 Å². The zero-order chi connectivity index (χ0) is 24.7. The molecule has 3 atom stereocenters. The molecular formula is C25H31F3N4O2. The highest BCUT2D eigenvalue weighted by Crippen LogP contribution is 2.40. The molecule has 0 spiro atoms. The highest BCUT2D eigenvalue weighted by atomic mass is 19.4. The number of hydrogen-bond donors (Lipinski definition) is 1. The van der Waals surface area contributed by atoms with Crippen molar-refractivity contribution >= 4 is 11.6 Å². The van der Waals surface area contributed by atoms with Crippen LogP contribution in [0.5, 0.6) is 0 Å². The lowest BCUT2D eigenvalue weighted by Crippen LogP contribution is -2.51. The van der Waals surface area contributed by atoms with Gasteiger partial charge in [0.2, 0.25) is 0 Å². The minimum absolute atomic E-state index is 0.0839. The van der Waals surface area contributed by atoms with Gasteiger partial charge in [-0.25, -0.2) is 0 Å². The molecule has 0 radical (unpaired) electrons. The van der Waals surface area contributed by atoms with Gasteiger partial charge in [0.25, 0.3) is 5.91 Å². The molecule has 2 aliphatic rings. The number of carbonyl (C=O) groups is 1. The fourth-order valence-corrected chi connectivity index (χ4v) is 4.94. The number of rotatable bonds is 5. The molecule has 1 N–H and O–H groups in total. The second kappa shape index (κ2) is 9.19. The van der Waals surface area contributed by atoms with Crippen LogP contribution >= 0.6 is 0 Å². The Kier molecular flexibility index (Phi) is 6.61. The minimum Gasteiger partial charge on any atom is -0.380 e. The summed E-state index contributed by atoms with van der Waals surface area (Å²) in [7, 11) is 2.96. The number of likely N-dealkylation sites (N-methyl/N-ethyl adjacent to an activating group) is 2. The van der Waals surface area contributed by atoms with Crippen LogP contribution in [0.25, 0.3) is 0 Å². The summed E-state index contributed by atoms with van der Waals surface area (Å²) in [5.41, 5.74) is 2.81. The lowest BCUT2D eigenvalue weighted by Gasteiger charge is -2.35. The number of morpholine rings is 1. The van der Waals surface area contributed by atoms with Crippen molar-refractivity contribution in [1.29, 1.82) is 0 Å². The number of pyridine rings is 1. The van der Waals surface area contributed by atoms with E-state index < -0.39 is 24.2 Å². The Morgan fingerprint density at radius 2 is 2.00 bits per heavy atom. The Balaban J connectivity index is 1.51. The number of nitrogens with zero attached hydrogens (tertiary/aromatic N) is 3. The van der Waals surface area contributed by atoms with Crippen LogP contribution in [-0.2, 0) is 21.4 Å². The first kappa shape index (κ1) is 24.5. The molecule has 1 saturated heterocycles. The fourth-order valence-electron chi connectivity index (χ4n) is 4.94. The van der Waals surface area contributed by atoms with E-state index in [0.717, 1.165) is 13.5 Å². The first-order valence-electron chi connectivity index (χ1n) is 11.4. The number of fused-ring (bicyclic) bond motifs is 1. The summed E-state index contributed by atoms with van der Waals surface area (Å²) in [5, 5.41) is 3.44. The molecule has 1 amide bonds. The molecule has 2 heterocycles. The third-order valence-corrected chi connectivity index (χ3v) is 7.00. The molecule has 34 heavy (non-hydrogen) atoms. The maximum Gasteiger partial charge on any atom is 0.414 e. The molecule has 0 saturated carbocycles. The summed E-state index contributed by atoms with van der Waals surface area (Å²) in [5.74, 6) is -0.705. The zero-order valence-electron chi connectivity index (χ0n) is 19.9. The Bertz CT molecular complexity index is 1030. The van der Waals surface area contributed by atoms with Crippen LogP contribution in [-0.4, -0.2) is 72.8 Å². The topological polar surface area (TPSA) is 57.7 Å². The van der Waals surface area contributed by atoms with Crippen molar-refractivity contribution in [2.75, 3.05) is 39.1 Å². The van der Waals surface area contributed by atoms with E-state index in [1.807, 2.05) is 24.1 Å². The van der Waals surface area contributed by atoms with Gasteiger partial charge in [-0.1, -0.05) is 38.1 Å². The van der Waals surface area contributed by atoms with Gasteiger partial charge in [0.05, 0.1) is 24.2 Å². The average Bonchev–Trinajstić information content (AvgIpc) is 3.03. The van der Waals surface area contributed by atoms with E-state index in [1.165, 1.54) is 23.4 Å². The molecule has 1 aliphatic heterocycles. The van der Waals surface area contributed by atoms with Crippen LogP contribution in [0, 0.1) is 0 Å². The van der Waals surface area contributed by atoms with E-state index in [9.17, 15) is 18.0 Å². The maximum absolute atomic E-state index is 14.0. The Labute approximate surface area is 198 Å². The summed E-state index contributed by atoms with van der Waals surface area (Å²) in [4.78, 5) is 19.5. The van der Waals surface area contributed by atoms with Gasteiger partial charge in [-0.2, -0.15) is 13.2 Å². The molecule has 1 aromatic carbocycles. The lowest BCUT2D eigenvalue weighted by molar-refractivity contribution is -0.195. The minimum atomic E-state index is -4.68. The number of hydrogen-bond acceptors (Lipinski definition) is 5. The van der Waals surface area contributed by atoms with Crippen LogP contribution in [0.2, 0.25) is 0 Å². The van der Waals surface area contributed by atoms with Gasteiger partial charge in [0, 0.05) is 31.6 Å². The highest BCUT2D eigenvalue weighted by molar-refractivity contribution is 5.81. The summed E-state index contributed by atoms with van der Waals surface area (Å²) >= 11 is 0. The van der Waals surface area contributed by atoms with Gasteiger partial charge in [0.1, 0.15) is 6.10 Å². The number of benzene rings is 1. The second-order valence-corrected chi connectivity index (χ2v) is 9.77. The monoisotopic (exact) mass is 476 g/mol. The number of carbonyl (C=O) groups excluding carboxylic acids is 1. The van der Waals surface area contributed by atoms with E-state index in [0.29, 0.717) is 23.7 Å². The smallest absolute Gasteiger partial charge is 0.380 e. The number of amides is 1. The van der Waals surface area contributed by atoms with E-state index in [-0.39, 0.29) is 23.7 Å². The predicted molar refractivity (Wildman–Crippen MR) is 124 cm³/mol. The van der Waals surface area contributed by atoms with Crippen LogP contribution in [0.15, 0.2) is 42.6 Å². The molecule has 9 heteroatoms. The molecule has 0 unspecified atom stereocenters. The van der Waals surface area contributed by atoms with E-state index in [1.54, 1.807) is 6.07 Å². The number of alkyl halides is 3. The SMILES string of the molecule is CN1CCO[C@@H](C(=O)N(C)[C@@H](c2ccc(N[C@H]3Cc4ccccc4C3(C)C)cn2)C(F)(F)F)C1. The number of halogens is 3. The molecule has 1 aliphatic carbocycles. The lowest BCUT2D eigenvalue weighted by atomic mass is 9.83. The van der Waals surface area contributed by atoms with Crippen LogP contribution in [0.3, 0.4) is 0 Å². The molecule has 0 bridgehead atoms. The van der Waals surface area contributed by atoms with Crippen molar-refractivity contribution in [3.05, 3.63) is 59.4 Å². The number of anilines is 1. The number of nitrogens with one attached hydrogen (secondary N) is 1. The molecule has 1 fully saturated rings. The summed E-state index contributed by atoms with van der Waals surface area (Å²) in [6.07, 6.45) is -3.37. The molecule has 184 valence electrons. The van der Waals surface area contributed by atoms with Crippen molar-refractivity contribution in [2.45, 2.75) is 50.0 Å². The first-order valence-corrected chi connectivity index (χ1v) is 11.4. The molecule has 2 aromatic rings. The number of ether oxygens (including phenoxy) is 1. The third kappa shape index (κ3) is 4.77. The molecule has 6 nitrogen and oxygen atoms in total. The van der Waals surface area contributed by atoms with Gasteiger partial charge in [-0.3, -0.25) is 9.78 Å². The summed E-state index contributed by atoms with van der Waals surface area (Å²) < 4.78 is 47.6. The predicted octanol–water partition coefficient (Wildman–Crippen LogP) is 3.79. The molecular weight excluding hydrogens is 445 g/mol. The Morgan fingerprint density at radius 3 is 2.62 bits per heavy atom. The summed E-state index contributed by atoms with van der Waals surface area (Å²) in [6, 6.07) is 9.12.